The molecule has 0 bridgehead atoms. The van der Waals surface area contributed by atoms with Crippen molar-refractivity contribution >= 4 is 0 Å². The number of piperidine rings is 1. The van der Waals surface area contributed by atoms with E-state index in [2.05, 4.69) is 45.4 Å². The Morgan fingerprint density at radius 3 is 2.48 bits per heavy atom. The van der Waals surface area contributed by atoms with Gasteiger partial charge in [-0.25, -0.2) is 0 Å². The minimum absolute atomic E-state index is 0.918. The van der Waals surface area contributed by atoms with E-state index in [0.717, 1.165) is 12.5 Å². The van der Waals surface area contributed by atoms with Crippen molar-refractivity contribution in [3.05, 3.63) is 35.9 Å². The third-order valence-electron chi connectivity index (χ3n) is 4.97. The van der Waals surface area contributed by atoms with Gasteiger partial charge in [-0.15, -0.1) is 0 Å². The second kappa shape index (κ2) is 7.92. The van der Waals surface area contributed by atoms with Crippen LogP contribution < -0.4 is 5.32 Å². The van der Waals surface area contributed by atoms with E-state index in [1.54, 1.807) is 0 Å². The fourth-order valence-corrected chi connectivity index (χ4v) is 3.55. The molecule has 2 saturated heterocycles. The van der Waals surface area contributed by atoms with Crippen molar-refractivity contribution in [2.45, 2.75) is 25.8 Å². The number of rotatable bonds is 5. The van der Waals surface area contributed by atoms with Crippen LogP contribution in [-0.4, -0.2) is 55.6 Å². The molecule has 2 fully saturated rings. The fourth-order valence-electron chi connectivity index (χ4n) is 3.55. The Labute approximate surface area is 129 Å². The van der Waals surface area contributed by atoms with Crippen LogP contribution in [0.4, 0.5) is 0 Å². The molecular weight excluding hydrogens is 258 g/mol. The lowest BCUT2D eigenvalue weighted by Crippen LogP contribution is -2.46. The molecule has 2 aliphatic heterocycles. The molecule has 3 heteroatoms. The van der Waals surface area contributed by atoms with E-state index >= 15 is 0 Å². The second-order valence-electron chi connectivity index (χ2n) is 6.60. The second-order valence-corrected chi connectivity index (χ2v) is 6.60. The van der Waals surface area contributed by atoms with Gasteiger partial charge in [-0.05, 0) is 50.4 Å². The average Bonchev–Trinajstić information content (AvgIpc) is 2.56. The molecule has 1 aromatic carbocycles. The Kier molecular flexibility index (Phi) is 5.67. The van der Waals surface area contributed by atoms with Gasteiger partial charge in [-0.3, -0.25) is 4.90 Å². The highest BCUT2D eigenvalue weighted by atomic mass is 15.3. The lowest BCUT2D eigenvalue weighted by molar-refractivity contribution is 0.120. The zero-order valence-electron chi connectivity index (χ0n) is 13.1. The van der Waals surface area contributed by atoms with Gasteiger partial charge in [-0.1, -0.05) is 30.3 Å². The van der Waals surface area contributed by atoms with Crippen LogP contribution in [0.5, 0.6) is 0 Å². The van der Waals surface area contributed by atoms with Crippen LogP contribution in [-0.2, 0) is 6.54 Å². The van der Waals surface area contributed by atoms with Crippen LogP contribution in [0.1, 0.15) is 24.8 Å². The van der Waals surface area contributed by atoms with Gasteiger partial charge < -0.3 is 10.2 Å². The summed E-state index contributed by atoms with van der Waals surface area (Å²) in [6.45, 7) is 9.81. The van der Waals surface area contributed by atoms with Crippen LogP contribution in [0, 0.1) is 5.92 Å². The van der Waals surface area contributed by atoms with Gasteiger partial charge in [0.15, 0.2) is 0 Å². The van der Waals surface area contributed by atoms with Gasteiger partial charge in [0.2, 0.25) is 0 Å². The highest BCUT2D eigenvalue weighted by Crippen LogP contribution is 2.15. The molecule has 1 N–H and O–H groups in total. The predicted molar refractivity (Wildman–Crippen MR) is 88.4 cm³/mol. The Bertz CT molecular complexity index is 392. The number of nitrogens with zero attached hydrogens (tertiary/aromatic N) is 2. The molecule has 2 aliphatic rings. The average molecular weight is 287 g/mol. The summed E-state index contributed by atoms with van der Waals surface area (Å²) in [5, 5.41) is 3.53. The van der Waals surface area contributed by atoms with Crippen molar-refractivity contribution < 1.29 is 0 Å². The summed E-state index contributed by atoms with van der Waals surface area (Å²) in [6.07, 6.45) is 4.18. The summed E-state index contributed by atoms with van der Waals surface area (Å²) in [4.78, 5) is 5.25. The lowest BCUT2D eigenvalue weighted by Gasteiger charge is -2.35. The fraction of sp³-hybridized carbons (Fsp3) is 0.667. The molecule has 3 rings (SSSR count). The first-order valence-corrected chi connectivity index (χ1v) is 8.59. The predicted octanol–water partition coefficient (Wildman–Crippen LogP) is 2.19. The Hall–Kier alpha value is -0.900. The number of hydrogen-bond donors (Lipinski definition) is 1. The quantitative estimate of drug-likeness (QED) is 0.895. The number of piperazine rings is 1. The molecule has 0 amide bonds. The van der Waals surface area contributed by atoms with Crippen LogP contribution in [0.25, 0.3) is 0 Å². The summed E-state index contributed by atoms with van der Waals surface area (Å²) in [5.41, 5.74) is 1.44. The molecule has 0 radical (unpaired) electrons. The van der Waals surface area contributed by atoms with Gasteiger partial charge in [0.1, 0.15) is 0 Å². The molecule has 0 spiro atoms. The van der Waals surface area contributed by atoms with Crippen LogP contribution >= 0.6 is 0 Å². The van der Waals surface area contributed by atoms with E-state index < -0.39 is 0 Å². The van der Waals surface area contributed by atoms with E-state index in [9.17, 15) is 0 Å². The normalized spacial score (nSPS) is 25.0. The number of hydrogen-bond acceptors (Lipinski definition) is 3. The maximum atomic E-state index is 3.53. The lowest BCUT2D eigenvalue weighted by atomic mass is 9.96. The summed E-state index contributed by atoms with van der Waals surface area (Å²) >= 11 is 0. The first-order valence-electron chi connectivity index (χ1n) is 8.59. The van der Waals surface area contributed by atoms with E-state index in [-0.39, 0.29) is 0 Å². The van der Waals surface area contributed by atoms with Gasteiger partial charge in [0, 0.05) is 32.7 Å². The maximum absolute atomic E-state index is 3.53. The van der Waals surface area contributed by atoms with Crippen molar-refractivity contribution in [1.82, 2.24) is 15.1 Å². The minimum Gasteiger partial charge on any atom is -0.316 e. The monoisotopic (exact) mass is 287 g/mol. The molecule has 0 unspecified atom stereocenters. The molecular formula is C18H29N3. The number of benzene rings is 1. The van der Waals surface area contributed by atoms with Crippen LogP contribution in [0.2, 0.25) is 0 Å². The summed E-state index contributed by atoms with van der Waals surface area (Å²) < 4.78 is 0. The first-order chi connectivity index (χ1) is 10.4. The van der Waals surface area contributed by atoms with Crippen molar-refractivity contribution in [3.8, 4) is 0 Å². The van der Waals surface area contributed by atoms with Crippen LogP contribution in [0.3, 0.4) is 0 Å². The smallest absolute Gasteiger partial charge is 0.0234 e. The van der Waals surface area contributed by atoms with E-state index in [1.165, 1.54) is 70.6 Å². The SMILES string of the molecule is c1ccc(CN2CCN(CC[C@H]3CCCNC3)CC2)cc1. The van der Waals surface area contributed by atoms with E-state index in [0.29, 0.717) is 0 Å². The summed E-state index contributed by atoms with van der Waals surface area (Å²) in [5.74, 6) is 0.918. The first kappa shape index (κ1) is 15.0. The molecule has 0 saturated carbocycles. The molecule has 2 heterocycles. The van der Waals surface area contributed by atoms with Crippen molar-refractivity contribution in [2.75, 3.05) is 45.8 Å². The zero-order valence-corrected chi connectivity index (χ0v) is 13.1. The highest BCUT2D eigenvalue weighted by molar-refractivity contribution is 5.14. The zero-order chi connectivity index (χ0) is 14.3. The third kappa shape index (κ3) is 4.80. The topological polar surface area (TPSA) is 18.5 Å². The Balaban J connectivity index is 1.35. The molecule has 1 atom stereocenters. The molecule has 21 heavy (non-hydrogen) atoms. The molecule has 3 nitrogen and oxygen atoms in total. The van der Waals surface area contributed by atoms with E-state index in [4.69, 9.17) is 0 Å². The highest BCUT2D eigenvalue weighted by Gasteiger charge is 2.19. The largest absolute Gasteiger partial charge is 0.316 e. The van der Waals surface area contributed by atoms with Gasteiger partial charge in [0.05, 0.1) is 0 Å². The molecule has 0 aliphatic carbocycles. The standard InChI is InChI=1S/C18H29N3/c1-2-5-18(6-3-1)16-21-13-11-20(12-14-21)10-8-17-7-4-9-19-15-17/h1-3,5-6,17,19H,4,7-16H2/t17-/m1/s1. The van der Waals surface area contributed by atoms with E-state index in [1.807, 2.05) is 0 Å². The van der Waals surface area contributed by atoms with Crippen molar-refractivity contribution in [3.63, 3.8) is 0 Å². The Morgan fingerprint density at radius 1 is 1.00 bits per heavy atom. The molecule has 0 aromatic heterocycles. The molecule has 116 valence electrons. The minimum atomic E-state index is 0.918. The van der Waals surface area contributed by atoms with Crippen molar-refractivity contribution in [2.24, 2.45) is 5.92 Å². The maximum Gasteiger partial charge on any atom is 0.0234 e. The molecule has 1 aromatic rings. The van der Waals surface area contributed by atoms with Gasteiger partial charge >= 0.3 is 0 Å². The van der Waals surface area contributed by atoms with Crippen LogP contribution in [0.15, 0.2) is 30.3 Å². The van der Waals surface area contributed by atoms with Gasteiger partial charge in [-0.2, -0.15) is 0 Å². The van der Waals surface area contributed by atoms with Crippen molar-refractivity contribution in [1.29, 1.82) is 0 Å². The van der Waals surface area contributed by atoms with Gasteiger partial charge in [0.25, 0.3) is 0 Å². The third-order valence-corrected chi connectivity index (χ3v) is 4.97. The summed E-state index contributed by atoms with van der Waals surface area (Å²) in [7, 11) is 0. The Morgan fingerprint density at radius 2 is 1.76 bits per heavy atom. The number of nitrogens with one attached hydrogen (secondary N) is 1. The summed E-state index contributed by atoms with van der Waals surface area (Å²) in [6, 6.07) is 10.9.